The van der Waals surface area contributed by atoms with Crippen LogP contribution in [0.3, 0.4) is 0 Å². The number of hydrogen-bond donors (Lipinski definition) is 1. The Hall–Kier alpha value is -2.82. The zero-order chi connectivity index (χ0) is 18.9. The van der Waals surface area contributed by atoms with Gasteiger partial charge in [0.15, 0.2) is 0 Å². The van der Waals surface area contributed by atoms with Gasteiger partial charge in [-0.3, -0.25) is 9.78 Å². The second-order valence-electron chi connectivity index (χ2n) is 7.33. The zero-order valence-corrected chi connectivity index (χ0v) is 15.9. The van der Waals surface area contributed by atoms with Gasteiger partial charge in [-0.25, -0.2) is 0 Å². The highest BCUT2D eigenvalue weighted by molar-refractivity contribution is 5.87. The Morgan fingerprint density at radius 2 is 2.07 bits per heavy atom. The molecule has 2 aromatic heterocycles. The number of aromatic nitrogens is 2. The predicted molar refractivity (Wildman–Crippen MR) is 108 cm³/mol. The first-order chi connectivity index (χ1) is 13.1. The molecule has 2 heterocycles. The van der Waals surface area contributed by atoms with E-state index in [1.54, 1.807) is 0 Å². The predicted octanol–water partition coefficient (Wildman–Crippen LogP) is 4.53. The first-order valence-electron chi connectivity index (χ1n) is 9.56. The molecule has 27 heavy (non-hydrogen) atoms. The van der Waals surface area contributed by atoms with Crippen LogP contribution in [0.25, 0.3) is 22.2 Å². The number of ether oxygens (including phenoxy) is 1. The van der Waals surface area contributed by atoms with E-state index >= 15 is 0 Å². The van der Waals surface area contributed by atoms with E-state index in [4.69, 9.17) is 4.74 Å². The maximum absolute atomic E-state index is 11.7. The summed E-state index contributed by atoms with van der Waals surface area (Å²) in [6.45, 7) is 2.46. The van der Waals surface area contributed by atoms with Crippen LogP contribution in [0.2, 0.25) is 0 Å². The van der Waals surface area contributed by atoms with E-state index in [1.807, 2.05) is 19.3 Å². The molecule has 3 aromatic rings. The molecule has 0 amide bonds. The van der Waals surface area contributed by atoms with Crippen LogP contribution < -0.4 is 5.32 Å². The van der Waals surface area contributed by atoms with Crippen molar-refractivity contribution < 1.29 is 9.53 Å². The van der Waals surface area contributed by atoms with Gasteiger partial charge in [-0.05, 0) is 37.5 Å². The van der Waals surface area contributed by atoms with E-state index in [2.05, 4.69) is 58.3 Å². The van der Waals surface area contributed by atoms with Crippen molar-refractivity contribution in [1.82, 2.24) is 9.55 Å². The first kappa shape index (κ1) is 17.6. The Morgan fingerprint density at radius 1 is 1.26 bits per heavy atom. The number of benzene rings is 1. The van der Waals surface area contributed by atoms with Gasteiger partial charge in [0.2, 0.25) is 0 Å². The van der Waals surface area contributed by atoms with E-state index in [9.17, 15) is 4.79 Å². The second kappa shape index (κ2) is 7.06. The topological polar surface area (TPSA) is 56.1 Å². The van der Waals surface area contributed by atoms with Crippen molar-refractivity contribution in [3.05, 3.63) is 48.8 Å². The Bertz CT molecular complexity index is 973. The lowest BCUT2D eigenvalue weighted by Crippen LogP contribution is -2.47. The highest BCUT2D eigenvalue weighted by Gasteiger charge is 2.40. The minimum absolute atomic E-state index is 0.126. The van der Waals surface area contributed by atoms with Crippen molar-refractivity contribution in [1.29, 1.82) is 0 Å². The van der Waals surface area contributed by atoms with Crippen molar-refractivity contribution in [3.8, 4) is 11.3 Å². The van der Waals surface area contributed by atoms with Gasteiger partial charge in [-0.2, -0.15) is 0 Å². The average Bonchev–Trinajstić information content (AvgIpc) is 3.01. The normalized spacial score (nSPS) is 15.3. The Balaban J connectivity index is 1.54. The van der Waals surface area contributed by atoms with Crippen molar-refractivity contribution in [2.45, 2.75) is 38.2 Å². The molecule has 5 heteroatoms. The van der Waals surface area contributed by atoms with Gasteiger partial charge in [0.25, 0.3) is 0 Å². The molecule has 5 nitrogen and oxygen atoms in total. The number of pyridine rings is 1. The number of rotatable bonds is 6. The lowest BCUT2D eigenvalue weighted by atomic mass is 9.80. The number of para-hydroxylation sites is 1. The van der Waals surface area contributed by atoms with Crippen molar-refractivity contribution in [2.75, 3.05) is 11.9 Å². The molecular formula is C22H25N3O2. The summed E-state index contributed by atoms with van der Waals surface area (Å²) in [6, 6.07) is 12.6. The lowest BCUT2D eigenvalue weighted by Gasteiger charge is -2.41. The van der Waals surface area contributed by atoms with Gasteiger partial charge in [-0.15, -0.1) is 0 Å². The maximum atomic E-state index is 11.7. The number of nitrogens with zero attached hydrogens (tertiary/aromatic N) is 2. The van der Waals surface area contributed by atoms with Gasteiger partial charge in [-0.1, -0.05) is 25.1 Å². The van der Waals surface area contributed by atoms with E-state index in [0.717, 1.165) is 36.2 Å². The molecule has 0 aliphatic heterocycles. The quantitative estimate of drug-likeness (QED) is 0.654. The molecular weight excluding hydrogens is 338 g/mol. The number of aryl methyl sites for hydroxylation is 1. The number of hydrogen-bond acceptors (Lipinski definition) is 4. The molecule has 0 saturated heterocycles. The number of anilines is 1. The van der Waals surface area contributed by atoms with Crippen LogP contribution in [-0.2, 0) is 16.6 Å². The van der Waals surface area contributed by atoms with Crippen LogP contribution in [0.1, 0.15) is 32.6 Å². The molecule has 1 N–H and O–H groups in total. The average molecular weight is 363 g/mol. The highest BCUT2D eigenvalue weighted by atomic mass is 16.6. The largest absolute Gasteiger partial charge is 0.457 e. The molecule has 1 saturated carbocycles. The fraction of sp³-hybridized carbons (Fsp3) is 0.364. The molecule has 1 aliphatic carbocycles. The van der Waals surface area contributed by atoms with Crippen molar-refractivity contribution in [3.63, 3.8) is 0 Å². The summed E-state index contributed by atoms with van der Waals surface area (Å²) in [5, 5.41) is 4.65. The van der Waals surface area contributed by atoms with Crippen molar-refractivity contribution in [2.24, 2.45) is 7.05 Å². The standard InChI is InChI=1S/C22H25N3O2/c1-3-21(26)27-22(9-6-10-22)15-24-18-11-17(13-23-14-18)20-12-16-7-4-5-8-19(16)25(20)2/h4-5,7-8,11-14,24H,3,6,9-10,15H2,1-2H3. The van der Waals surface area contributed by atoms with Gasteiger partial charge in [0.05, 0.1) is 17.9 Å². The van der Waals surface area contributed by atoms with Crippen LogP contribution in [0.15, 0.2) is 48.8 Å². The second-order valence-corrected chi connectivity index (χ2v) is 7.33. The van der Waals surface area contributed by atoms with Crippen LogP contribution in [-0.4, -0.2) is 27.7 Å². The molecule has 0 radical (unpaired) electrons. The fourth-order valence-corrected chi connectivity index (χ4v) is 3.71. The smallest absolute Gasteiger partial charge is 0.306 e. The van der Waals surface area contributed by atoms with Crippen molar-refractivity contribution >= 4 is 22.6 Å². The van der Waals surface area contributed by atoms with Crippen LogP contribution in [0, 0.1) is 0 Å². The Morgan fingerprint density at radius 3 is 2.78 bits per heavy atom. The summed E-state index contributed by atoms with van der Waals surface area (Å²) in [5.41, 5.74) is 3.97. The summed E-state index contributed by atoms with van der Waals surface area (Å²) in [4.78, 5) is 16.1. The summed E-state index contributed by atoms with van der Waals surface area (Å²) in [6.07, 6.45) is 7.06. The third-order valence-corrected chi connectivity index (χ3v) is 5.48. The molecule has 0 spiro atoms. The Kier molecular flexibility index (Phi) is 4.60. The SMILES string of the molecule is CCC(=O)OC1(CNc2cncc(-c3cc4ccccc4n3C)c2)CCC1. The minimum Gasteiger partial charge on any atom is -0.457 e. The number of fused-ring (bicyclic) bond motifs is 1. The number of nitrogens with one attached hydrogen (secondary N) is 1. The van der Waals surface area contributed by atoms with Crippen LogP contribution in [0.4, 0.5) is 5.69 Å². The molecule has 0 atom stereocenters. The van der Waals surface area contributed by atoms with E-state index in [-0.39, 0.29) is 11.6 Å². The van der Waals surface area contributed by atoms with E-state index in [0.29, 0.717) is 13.0 Å². The van der Waals surface area contributed by atoms with Gasteiger partial charge < -0.3 is 14.6 Å². The summed E-state index contributed by atoms with van der Waals surface area (Å²) >= 11 is 0. The molecule has 4 rings (SSSR count). The van der Waals surface area contributed by atoms with Gasteiger partial charge >= 0.3 is 5.97 Å². The molecule has 1 aromatic carbocycles. The van der Waals surface area contributed by atoms with Gasteiger partial charge in [0.1, 0.15) is 5.60 Å². The fourth-order valence-electron chi connectivity index (χ4n) is 3.71. The number of carbonyl (C=O) groups excluding carboxylic acids is 1. The molecule has 1 fully saturated rings. The van der Waals surface area contributed by atoms with E-state index < -0.39 is 0 Å². The van der Waals surface area contributed by atoms with Crippen LogP contribution in [0.5, 0.6) is 0 Å². The zero-order valence-electron chi connectivity index (χ0n) is 15.9. The minimum atomic E-state index is -0.358. The van der Waals surface area contributed by atoms with Crippen LogP contribution >= 0.6 is 0 Å². The van der Waals surface area contributed by atoms with E-state index in [1.165, 1.54) is 10.9 Å². The molecule has 0 unspecified atom stereocenters. The summed E-state index contributed by atoms with van der Waals surface area (Å²) in [5.74, 6) is -0.126. The van der Waals surface area contributed by atoms with Gasteiger partial charge in [0, 0.05) is 42.3 Å². The number of esters is 1. The summed E-state index contributed by atoms with van der Waals surface area (Å²) in [7, 11) is 2.07. The summed E-state index contributed by atoms with van der Waals surface area (Å²) < 4.78 is 7.88. The third-order valence-electron chi connectivity index (χ3n) is 5.48. The molecule has 0 bridgehead atoms. The third kappa shape index (κ3) is 3.42. The molecule has 1 aliphatic rings. The number of carbonyl (C=O) groups is 1. The maximum Gasteiger partial charge on any atom is 0.306 e. The lowest BCUT2D eigenvalue weighted by molar-refractivity contribution is -0.166. The Labute approximate surface area is 159 Å². The highest BCUT2D eigenvalue weighted by Crippen LogP contribution is 2.36. The monoisotopic (exact) mass is 363 g/mol. The molecule has 140 valence electrons. The first-order valence-corrected chi connectivity index (χ1v) is 9.56.